The van der Waals surface area contributed by atoms with Crippen LogP contribution in [0.2, 0.25) is 18.1 Å². The summed E-state index contributed by atoms with van der Waals surface area (Å²) in [5.74, 6) is -2.10. The molecule has 0 unspecified atom stereocenters. The lowest BCUT2D eigenvalue weighted by Gasteiger charge is -2.36. The van der Waals surface area contributed by atoms with E-state index < -0.39 is 43.9 Å². The maximum atomic E-state index is 13.5. The highest BCUT2D eigenvalue weighted by Gasteiger charge is 2.37. The first-order chi connectivity index (χ1) is 13.7. The summed E-state index contributed by atoms with van der Waals surface area (Å²) in [5.41, 5.74) is 6.00. The van der Waals surface area contributed by atoms with Gasteiger partial charge >= 0.3 is 0 Å². The molecule has 0 fully saturated rings. The van der Waals surface area contributed by atoms with Crippen LogP contribution in [0.4, 0.5) is 4.39 Å². The molecule has 9 heteroatoms. The molecule has 0 saturated carbocycles. The fraction of sp³-hybridized carbons (Fsp3) is 0.571. The van der Waals surface area contributed by atoms with Crippen molar-refractivity contribution in [1.29, 1.82) is 0 Å². The molecule has 0 aliphatic heterocycles. The third-order valence-corrected chi connectivity index (χ3v) is 9.90. The molecule has 0 saturated heterocycles. The maximum Gasteiger partial charge on any atom is 0.243 e. The zero-order chi connectivity index (χ0) is 23.1. The predicted octanol–water partition coefficient (Wildman–Crippen LogP) is 2.25. The van der Waals surface area contributed by atoms with Crippen LogP contribution in [-0.2, 0) is 25.2 Å². The Labute approximate surface area is 179 Å². The summed E-state index contributed by atoms with van der Waals surface area (Å²) in [7, 11) is -2.00. The van der Waals surface area contributed by atoms with Crippen molar-refractivity contribution < 1.29 is 23.2 Å². The van der Waals surface area contributed by atoms with Gasteiger partial charge in [0.25, 0.3) is 0 Å². The summed E-state index contributed by atoms with van der Waals surface area (Å²) < 4.78 is 19.5. The number of primary amides is 1. The van der Waals surface area contributed by atoms with E-state index >= 15 is 0 Å². The van der Waals surface area contributed by atoms with Gasteiger partial charge in [0.1, 0.15) is 17.9 Å². The van der Waals surface area contributed by atoms with Crippen molar-refractivity contribution in [3.8, 4) is 0 Å². The molecule has 0 aliphatic rings. The van der Waals surface area contributed by atoms with Crippen LogP contribution >= 0.6 is 0 Å². The van der Waals surface area contributed by atoms with Crippen molar-refractivity contribution in [1.82, 2.24) is 10.6 Å². The summed E-state index contributed by atoms with van der Waals surface area (Å²) in [6.45, 7) is 12.1. The van der Waals surface area contributed by atoms with Crippen LogP contribution in [0.25, 0.3) is 0 Å². The molecule has 0 aliphatic carbocycles. The number of rotatable bonds is 10. The molecule has 7 nitrogen and oxygen atoms in total. The van der Waals surface area contributed by atoms with E-state index in [-0.39, 0.29) is 24.5 Å². The zero-order valence-corrected chi connectivity index (χ0v) is 19.7. The second-order valence-electron chi connectivity index (χ2n) is 8.95. The number of halogens is 1. The number of nitrogens with two attached hydrogens (primary N) is 1. The highest BCUT2D eigenvalue weighted by Crippen LogP contribution is 2.36. The monoisotopic (exact) mass is 439 g/mol. The maximum absolute atomic E-state index is 13.5. The van der Waals surface area contributed by atoms with Crippen molar-refractivity contribution in [3.05, 3.63) is 35.6 Å². The molecular weight excluding hydrogens is 405 g/mol. The minimum Gasteiger partial charge on any atom is -0.417 e. The highest BCUT2D eigenvalue weighted by molar-refractivity contribution is 6.74. The number of amides is 3. The van der Waals surface area contributed by atoms with Gasteiger partial charge in [-0.2, -0.15) is 0 Å². The van der Waals surface area contributed by atoms with E-state index in [1.54, 1.807) is 6.07 Å². The molecule has 1 aromatic carbocycles. The first-order valence-electron chi connectivity index (χ1n) is 9.98. The number of hydrogen-bond donors (Lipinski definition) is 3. The Morgan fingerprint density at radius 3 is 2.30 bits per heavy atom. The van der Waals surface area contributed by atoms with Gasteiger partial charge in [-0.15, -0.1) is 0 Å². The standard InChI is InChI=1S/C21H34FN3O4Si/c1-14(26)24-18(13-15-8-7-9-16(22)12-15)20(28)25-17(19(23)27)10-11-29-30(5,6)21(2,3)4/h7-9,12,17-18H,10-11,13H2,1-6H3,(H2,23,27)(H,24,26)(H,25,28)/t17-,18-/m1/s1. The van der Waals surface area contributed by atoms with Gasteiger partial charge < -0.3 is 20.8 Å². The summed E-state index contributed by atoms with van der Waals surface area (Å²) in [6.07, 6.45) is 0.301. The molecule has 0 bridgehead atoms. The zero-order valence-electron chi connectivity index (χ0n) is 18.7. The summed E-state index contributed by atoms with van der Waals surface area (Å²) in [5, 5.41) is 5.15. The third kappa shape index (κ3) is 8.23. The Balaban J connectivity index is 2.81. The van der Waals surface area contributed by atoms with E-state index in [4.69, 9.17) is 10.2 Å². The van der Waals surface area contributed by atoms with E-state index in [0.717, 1.165) is 0 Å². The Bertz CT molecular complexity index is 765. The number of hydrogen-bond acceptors (Lipinski definition) is 4. The Hall–Kier alpha value is -2.26. The van der Waals surface area contributed by atoms with Crippen LogP contribution < -0.4 is 16.4 Å². The summed E-state index contributed by atoms with van der Waals surface area (Å²) in [4.78, 5) is 36.1. The molecule has 0 radical (unpaired) electrons. The number of carbonyl (C=O) groups is 3. The van der Waals surface area contributed by atoms with Gasteiger partial charge in [0.05, 0.1) is 0 Å². The van der Waals surface area contributed by atoms with Crippen LogP contribution in [0, 0.1) is 5.82 Å². The van der Waals surface area contributed by atoms with Crippen molar-refractivity contribution in [2.45, 2.75) is 70.8 Å². The van der Waals surface area contributed by atoms with Gasteiger partial charge in [-0.3, -0.25) is 14.4 Å². The van der Waals surface area contributed by atoms with Crippen molar-refractivity contribution in [2.24, 2.45) is 5.73 Å². The fourth-order valence-corrected chi connectivity index (χ4v) is 3.62. The second-order valence-corrected chi connectivity index (χ2v) is 13.8. The number of nitrogens with one attached hydrogen (secondary N) is 2. The van der Waals surface area contributed by atoms with Crippen LogP contribution in [-0.4, -0.2) is 44.7 Å². The molecule has 3 amide bonds. The Morgan fingerprint density at radius 2 is 1.80 bits per heavy atom. The van der Waals surface area contributed by atoms with Crippen molar-refractivity contribution >= 4 is 26.0 Å². The number of carbonyl (C=O) groups excluding carboxylic acids is 3. The van der Waals surface area contributed by atoms with E-state index in [1.807, 2.05) is 0 Å². The molecule has 4 N–H and O–H groups in total. The molecule has 0 spiro atoms. The van der Waals surface area contributed by atoms with Gasteiger partial charge in [0, 0.05) is 20.0 Å². The minimum absolute atomic E-state index is 0.0138. The molecule has 0 heterocycles. The minimum atomic E-state index is -2.00. The molecular formula is C21H34FN3O4Si. The fourth-order valence-electron chi connectivity index (χ4n) is 2.56. The smallest absolute Gasteiger partial charge is 0.243 e. The van der Waals surface area contributed by atoms with Crippen LogP contribution in [0.15, 0.2) is 24.3 Å². The Morgan fingerprint density at radius 1 is 1.17 bits per heavy atom. The lowest BCUT2D eigenvalue weighted by atomic mass is 10.0. The van der Waals surface area contributed by atoms with E-state index in [9.17, 15) is 18.8 Å². The number of benzene rings is 1. The van der Waals surface area contributed by atoms with Gasteiger partial charge in [-0.1, -0.05) is 32.9 Å². The predicted molar refractivity (Wildman–Crippen MR) is 117 cm³/mol. The van der Waals surface area contributed by atoms with Crippen LogP contribution in [0.5, 0.6) is 0 Å². The highest BCUT2D eigenvalue weighted by atomic mass is 28.4. The first-order valence-corrected chi connectivity index (χ1v) is 12.9. The molecule has 30 heavy (non-hydrogen) atoms. The molecule has 1 rings (SSSR count). The normalized spacial score (nSPS) is 14.0. The van der Waals surface area contributed by atoms with Gasteiger partial charge in [-0.05, 0) is 42.2 Å². The second kappa shape index (κ2) is 10.7. The van der Waals surface area contributed by atoms with Gasteiger partial charge in [-0.25, -0.2) is 4.39 Å². The topological polar surface area (TPSA) is 111 Å². The van der Waals surface area contributed by atoms with Crippen LogP contribution in [0.3, 0.4) is 0 Å². The SMILES string of the molecule is CC(=O)N[C@H](Cc1cccc(F)c1)C(=O)N[C@H](CCO[Si](C)(C)C(C)(C)C)C(N)=O. The average Bonchev–Trinajstić information content (AvgIpc) is 2.58. The first kappa shape index (κ1) is 25.8. The van der Waals surface area contributed by atoms with Gasteiger partial charge in [0.2, 0.25) is 17.7 Å². The molecule has 168 valence electrons. The summed E-state index contributed by atoms with van der Waals surface area (Å²) >= 11 is 0. The van der Waals surface area contributed by atoms with Crippen LogP contribution in [0.1, 0.15) is 39.7 Å². The summed E-state index contributed by atoms with van der Waals surface area (Å²) in [6, 6.07) is 3.86. The quantitative estimate of drug-likeness (QED) is 0.486. The third-order valence-electron chi connectivity index (χ3n) is 5.36. The van der Waals surface area contributed by atoms with Crippen molar-refractivity contribution in [3.63, 3.8) is 0 Å². The van der Waals surface area contributed by atoms with E-state index in [1.165, 1.54) is 25.1 Å². The average molecular weight is 440 g/mol. The largest absolute Gasteiger partial charge is 0.417 e. The molecule has 0 aromatic heterocycles. The van der Waals surface area contributed by atoms with E-state index in [0.29, 0.717) is 5.56 Å². The lowest BCUT2D eigenvalue weighted by Crippen LogP contribution is -2.54. The molecule has 1 aromatic rings. The van der Waals surface area contributed by atoms with E-state index in [2.05, 4.69) is 44.5 Å². The van der Waals surface area contributed by atoms with Gasteiger partial charge in [0.15, 0.2) is 8.32 Å². The van der Waals surface area contributed by atoms with Crippen molar-refractivity contribution in [2.75, 3.05) is 6.61 Å². The lowest BCUT2D eigenvalue weighted by molar-refractivity contribution is -0.131. The molecule has 2 atom stereocenters. The Kier molecular flexibility index (Phi) is 9.17.